The van der Waals surface area contributed by atoms with Gasteiger partial charge in [0, 0.05) is 11.6 Å². The van der Waals surface area contributed by atoms with Crippen LogP contribution in [0.1, 0.15) is 24.2 Å². The first kappa shape index (κ1) is 19.2. The molecule has 0 aliphatic carbocycles. The van der Waals surface area contributed by atoms with Crippen LogP contribution in [-0.2, 0) is 13.6 Å². The molecule has 0 saturated heterocycles. The fourth-order valence-electron chi connectivity index (χ4n) is 2.82. The van der Waals surface area contributed by atoms with Gasteiger partial charge in [0.1, 0.15) is 0 Å². The Hall–Kier alpha value is -2.53. The van der Waals surface area contributed by atoms with E-state index in [1.807, 2.05) is 24.3 Å². The summed E-state index contributed by atoms with van der Waals surface area (Å²) in [4.78, 5) is 17.3. The maximum atomic E-state index is 13.2. The number of hydrogen-bond acceptors (Lipinski definition) is 5. The summed E-state index contributed by atoms with van der Waals surface area (Å²) >= 11 is 0. The number of carbonyl (C=O) groups excluding carboxylic acids is 1. The highest BCUT2D eigenvalue weighted by Gasteiger charge is 2.31. The van der Waals surface area contributed by atoms with E-state index >= 15 is 0 Å². The van der Waals surface area contributed by atoms with Crippen molar-refractivity contribution in [3.05, 3.63) is 66.4 Å². The van der Waals surface area contributed by atoms with Crippen LogP contribution in [0.5, 0.6) is 0 Å². The zero-order valence-electron chi connectivity index (χ0n) is 15.2. The summed E-state index contributed by atoms with van der Waals surface area (Å²) in [5.74, 6) is -0.400. The number of nitrogens with zero attached hydrogens (tertiary/aromatic N) is 1. The first-order valence-electron chi connectivity index (χ1n) is 8.73. The molecule has 6 nitrogen and oxygen atoms in total. The van der Waals surface area contributed by atoms with Crippen LogP contribution in [0.2, 0.25) is 0 Å². The second kappa shape index (κ2) is 8.44. The minimum Gasteiger partial charge on any atom is -0.320 e. The van der Waals surface area contributed by atoms with Crippen LogP contribution in [0.15, 0.2) is 60.8 Å². The van der Waals surface area contributed by atoms with Crippen LogP contribution in [0, 0.1) is 0 Å². The molecule has 27 heavy (non-hydrogen) atoms. The van der Waals surface area contributed by atoms with Crippen molar-refractivity contribution in [2.24, 2.45) is 0 Å². The van der Waals surface area contributed by atoms with Gasteiger partial charge in [0.05, 0.1) is 35.3 Å². The lowest BCUT2D eigenvalue weighted by molar-refractivity contribution is 0.102. The predicted molar refractivity (Wildman–Crippen MR) is 107 cm³/mol. The highest BCUT2D eigenvalue weighted by Crippen LogP contribution is 2.47. The van der Waals surface area contributed by atoms with Gasteiger partial charge in [-0.25, -0.2) is 0 Å². The Bertz CT molecular complexity index is 991. The number of rotatable bonds is 7. The van der Waals surface area contributed by atoms with E-state index in [0.717, 1.165) is 5.39 Å². The van der Waals surface area contributed by atoms with Gasteiger partial charge in [-0.3, -0.25) is 14.3 Å². The van der Waals surface area contributed by atoms with Crippen molar-refractivity contribution in [1.82, 2.24) is 4.98 Å². The quantitative estimate of drug-likeness (QED) is 0.612. The number of hydrogen-bond donors (Lipinski definition) is 1. The van der Waals surface area contributed by atoms with Crippen LogP contribution in [0.25, 0.3) is 10.9 Å². The zero-order valence-corrected chi connectivity index (χ0v) is 16.1. The van der Waals surface area contributed by atoms with E-state index in [1.54, 1.807) is 50.4 Å². The number of amides is 1. The third-order valence-electron chi connectivity index (χ3n) is 3.92. The van der Waals surface area contributed by atoms with Crippen LogP contribution in [0.4, 0.5) is 5.69 Å². The average molecular weight is 384 g/mol. The topological polar surface area (TPSA) is 77.5 Å². The van der Waals surface area contributed by atoms with Crippen LogP contribution in [-0.4, -0.2) is 24.1 Å². The largest absolute Gasteiger partial charge is 0.362 e. The molecule has 0 unspecified atom stereocenters. The summed E-state index contributed by atoms with van der Waals surface area (Å²) in [6.45, 7) is 3.88. The maximum Gasteiger partial charge on any atom is 0.362 e. The summed E-state index contributed by atoms with van der Waals surface area (Å²) in [5.41, 5.74) is 1.51. The lowest BCUT2D eigenvalue weighted by Crippen LogP contribution is -2.23. The molecule has 1 N–H and O–H groups in total. The van der Waals surface area contributed by atoms with E-state index in [-0.39, 0.29) is 24.1 Å². The van der Waals surface area contributed by atoms with E-state index < -0.39 is 13.5 Å². The van der Waals surface area contributed by atoms with Crippen LogP contribution in [0.3, 0.4) is 0 Å². The molecule has 1 heterocycles. The van der Waals surface area contributed by atoms with E-state index in [9.17, 15) is 9.36 Å². The minimum atomic E-state index is -3.59. The molecule has 1 aromatic heterocycles. The third kappa shape index (κ3) is 4.08. The van der Waals surface area contributed by atoms with Gasteiger partial charge < -0.3 is 14.4 Å². The van der Waals surface area contributed by atoms with E-state index in [4.69, 9.17) is 9.05 Å². The molecule has 0 radical (unpaired) electrons. The molecule has 3 aromatic rings. The number of fused-ring (bicyclic) bond motifs is 1. The average Bonchev–Trinajstić information content (AvgIpc) is 2.68. The van der Waals surface area contributed by atoms with Crippen molar-refractivity contribution in [1.29, 1.82) is 0 Å². The summed E-state index contributed by atoms with van der Waals surface area (Å²) in [6.07, 6.45) is 1.67. The first-order chi connectivity index (χ1) is 13.1. The normalized spacial score (nSPS) is 11.5. The summed E-state index contributed by atoms with van der Waals surface area (Å²) in [6, 6.07) is 15.9. The Labute approximate surface area is 158 Å². The van der Waals surface area contributed by atoms with Crippen molar-refractivity contribution in [3.63, 3.8) is 0 Å². The fourth-order valence-corrected chi connectivity index (χ4v) is 4.59. The molecule has 0 aliphatic heterocycles. The molecule has 2 aromatic carbocycles. The van der Waals surface area contributed by atoms with Crippen molar-refractivity contribution >= 4 is 35.4 Å². The number of carbonyl (C=O) groups is 1. The first-order valence-corrected chi connectivity index (χ1v) is 10.3. The molecule has 1 amide bonds. The molecule has 0 atom stereocenters. The van der Waals surface area contributed by atoms with Gasteiger partial charge in [0.2, 0.25) is 0 Å². The van der Waals surface area contributed by atoms with Gasteiger partial charge in [0.25, 0.3) is 5.91 Å². The summed E-state index contributed by atoms with van der Waals surface area (Å²) in [7, 11) is -3.59. The van der Waals surface area contributed by atoms with Gasteiger partial charge in [0.15, 0.2) is 0 Å². The molecule has 0 aliphatic rings. The molecular weight excluding hydrogens is 363 g/mol. The highest BCUT2D eigenvalue weighted by atomic mass is 31.2. The predicted octanol–water partition coefficient (Wildman–Crippen LogP) is 4.38. The number of aromatic nitrogens is 1. The molecule has 3 rings (SSSR count). The van der Waals surface area contributed by atoms with E-state index in [2.05, 4.69) is 10.3 Å². The molecule has 7 heteroatoms. The van der Waals surface area contributed by atoms with Gasteiger partial charge in [-0.1, -0.05) is 30.3 Å². The monoisotopic (exact) mass is 384 g/mol. The lowest BCUT2D eigenvalue weighted by Gasteiger charge is -2.19. The second-order valence-corrected chi connectivity index (χ2v) is 7.68. The second-order valence-electron chi connectivity index (χ2n) is 5.68. The standard InChI is InChI=1S/C20H21N2O4P/c1-3-25-27(24,26-4-2)18-13-6-5-11-16(18)20(23)22-17-12-7-9-15-10-8-14-21-19(15)17/h5-14H,3-4H2,1-2H3,(H,22,23). The minimum absolute atomic E-state index is 0.209. The third-order valence-corrected chi connectivity index (χ3v) is 6.10. The van der Waals surface area contributed by atoms with Crippen LogP contribution < -0.4 is 10.6 Å². The summed E-state index contributed by atoms with van der Waals surface area (Å²) < 4.78 is 24.0. The molecule has 0 fully saturated rings. The highest BCUT2D eigenvalue weighted by molar-refractivity contribution is 7.62. The maximum absolute atomic E-state index is 13.2. The SMILES string of the molecule is CCOP(=O)(OCC)c1ccccc1C(=O)Nc1cccc2cccnc12. The Morgan fingerprint density at radius 1 is 1.00 bits per heavy atom. The number of pyridine rings is 1. The Balaban J connectivity index is 1.99. The van der Waals surface area contributed by atoms with Gasteiger partial charge in [-0.2, -0.15) is 0 Å². The molecular formula is C20H21N2O4P. The summed E-state index contributed by atoms with van der Waals surface area (Å²) in [5, 5.41) is 4.03. The van der Waals surface area contributed by atoms with Crippen molar-refractivity contribution < 1.29 is 18.4 Å². The number of anilines is 1. The van der Waals surface area contributed by atoms with Crippen molar-refractivity contribution in [2.45, 2.75) is 13.8 Å². The number of para-hydroxylation sites is 1. The molecule has 0 spiro atoms. The molecule has 0 saturated carbocycles. The van der Waals surface area contributed by atoms with Gasteiger partial charge in [-0.15, -0.1) is 0 Å². The smallest absolute Gasteiger partial charge is 0.320 e. The van der Waals surface area contributed by atoms with Crippen molar-refractivity contribution in [3.8, 4) is 0 Å². The fraction of sp³-hybridized carbons (Fsp3) is 0.200. The number of nitrogens with one attached hydrogen (secondary N) is 1. The zero-order chi connectivity index (χ0) is 19.3. The van der Waals surface area contributed by atoms with Crippen molar-refractivity contribution in [2.75, 3.05) is 18.5 Å². The Kier molecular flexibility index (Phi) is 6.01. The number of benzene rings is 2. The Morgan fingerprint density at radius 3 is 2.44 bits per heavy atom. The van der Waals surface area contributed by atoms with Gasteiger partial charge in [-0.05, 0) is 38.1 Å². The molecule has 140 valence electrons. The molecule has 0 bridgehead atoms. The lowest BCUT2D eigenvalue weighted by atomic mass is 10.1. The van der Waals surface area contributed by atoms with E-state index in [0.29, 0.717) is 11.2 Å². The van der Waals surface area contributed by atoms with Gasteiger partial charge >= 0.3 is 7.60 Å². The van der Waals surface area contributed by atoms with E-state index in [1.165, 1.54) is 0 Å². The Morgan fingerprint density at radius 2 is 1.70 bits per heavy atom. The van der Waals surface area contributed by atoms with Crippen LogP contribution >= 0.6 is 7.60 Å².